The van der Waals surface area contributed by atoms with Crippen LogP contribution in [0.3, 0.4) is 0 Å². The Labute approximate surface area is 119 Å². The van der Waals surface area contributed by atoms with Crippen LogP contribution in [-0.2, 0) is 13.1 Å². The SMILES string of the molecule is CCCn1cccc1CNc1ccc(C(=O)O)cc1C. The van der Waals surface area contributed by atoms with Crippen molar-refractivity contribution in [2.75, 3.05) is 5.32 Å². The third-order valence-corrected chi connectivity index (χ3v) is 3.32. The van der Waals surface area contributed by atoms with E-state index in [0.29, 0.717) is 5.56 Å². The van der Waals surface area contributed by atoms with Gasteiger partial charge in [0.1, 0.15) is 0 Å². The average Bonchev–Trinajstić information content (AvgIpc) is 2.85. The number of aryl methyl sites for hydroxylation is 2. The van der Waals surface area contributed by atoms with Gasteiger partial charge < -0.3 is 15.0 Å². The van der Waals surface area contributed by atoms with Crippen LogP contribution in [0.5, 0.6) is 0 Å². The summed E-state index contributed by atoms with van der Waals surface area (Å²) in [6, 6.07) is 9.29. The number of carbonyl (C=O) groups is 1. The molecule has 0 radical (unpaired) electrons. The molecular formula is C16H20N2O2. The van der Waals surface area contributed by atoms with E-state index in [4.69, 9.17) is 5.11 Å². The largest absolute Gasteiger partial charge is 0.478 e. The summed E-state index contributed by atoms with van der Waals surface area (Å²) >= 11 is 0. The van der Waals surface area contributed by atoms with Gasteiger partial charge in [0.05, 0.1) is 12.1 Å². The van der Waals surface area contributed by atoms with Crippen LogP contribution in [0.15, 0.2) is 36.5 Å². The molecular weight excluding hydrogens is 252 g/mol. The van der Waals surface area contributed by atoms with Crippen LogP contribution in [0.1, 0.15) is 35.0 Å². The van der Waals surface area contributed by atoms with Crippen molar-refractivity contribution in [3.8, 4) is 0 Å². The lowest BCUT2D eigenvalue weighted by Crippen LogP contribution is -2.08. The van der Waals surface area contributed by atoms with Gasteiger partial charge in [-0.15, -0.1) is 0 Å². The molecule has 106 valence electrons. The molecule has 4 heteroatoms. The number of carboxylic acids is 1. The van der Waals surface area contributed by atoms with Crippen molar-refractivity contribution in [3.05, 3.63) is 53.3 Å². The summed E-state index contributed by atoms with van der Waals surface area (Å²) in [7, 11) is 0. The van der Waals surface area contributed by atoms with Gasteiger partial charge in [-0.2, -0.15) is 0 Å². The van der Waals surface area contributed by atoms with E-state index in [-0.39, 0.29) is 0 Å². The van der Waals surface area contributed by atoms with Crippen LogP contribution < -0.4 is 5.32 Å². The van der Waals surface area contributed by atoms with Crippen LogP contribution in [0.4, 0.5) is 5.69 Å². The number of aromatic nitrogens is 1. The van der Waals surface area contributed by atoms with Crippen molar-refractivity contribution in [1.29, 1.82) is 0 Å². The maximum atomic E-state index is 10.9. The standard InChI is InChI=1S/C16H20N2O2/c1-3-8-18-9-4-5-14(18)11-17-15-7-6-13(16(19)20)10-12(15)2/h4-7,9-10,17H,3,8,11H2,1-2H3,(H,19,20). The number of anilines is 1. The lowest BCUT2D eigenvalue weighted by Gasteiger charge is -2.12. The highest BCUT2D eigenvalue weighted by atomic mass is 16.4. The number of rotatable bonds is 6. The van der Waals surface area contributed by atoms with Crippen molar-refractivity contribution < 1.29 is 9.90 Å². The van der Waals surface area contributed by atoms with Crippen molar-refractivity contribution in [1.82, 2.24) is 4.57 Å². The second-order valence-electron chi connectivity index (χ2n) is 4.88. The molecule has 0 aliphatic heterocycles. The van der Waals surface area contributed by atoms with Gasteiger partial charge in [0, 0.05) is 24.1 Å². The fraction of sp³-hybridized carbons (Fsp3) is 0.312. The minimum atomic E-state index is -0.892. The van der Waals surface area contributed by atoms with E-state index >= 15 is 0 Å². The Bertz CT molecular complexity index is 602. The maximum Gasteiger partial charge on any atom is 0.335 e. The Morgan fingerprint density at radius 3 is 2.80 bits per heavy atom. The van der Waals surface area contributed by atoms with E-state index in [2.05, 4.69) is 29.1 Å². The molecule has 0 saturated carbocycles. The zero-order valence-corrected chi connectivity index (χ0v) is 11.9. The van der Waals surface area contributed by atoms with Gasteiger partial charge in [-0.3, -0.25) is 0 Å². The Morgan fingerprint density at radius 2 is 2.15 bits per heavy atom. The number of nitrogens with one attached hydrogen (secondary N) is 1. The second-order valence-corrected chi connectivity index (χ2v) is 4.88. The first-order valence-corrected chi connectivity index (χ1v) is 6.83. The molecule has 0 unspecified atom stereocenters. The monoisotopic (exact) mass is 272 g/mol. The molecule has 4 nitrogen and oxygen atoms in total. The Hall–Kier alpha value is -2.23. The van der Waals surface area contributed by atoms with Crippen LogP contribution in [0.2, 0.25) is 0 Å². The van der Waals surface area contributed by atoms with Crippen LogP contribution in [0, 0.1) is 6.92 Å². The summed E-state index contributed by atoms with van der Waals surface area (Å²) in [6.07, 6.45) is 3.19. The molecule has 0 bridgehead atoms. The molecule has 0 aliphatic carbocycles. The van der Waals surface area contributed by atoms with E-state index in [1.54, 1.807) is 12.1 Å². The van der Waals surface area contributed by atoms with Gasteiger partial charge in [-0.1, -0.05) is 6.92 Å². The van der Waals surface area contributed by atoms with Crippen molar-refractivity contribution in [2.45, 2.75) is 33.4 Å². The molecule has 0 atom stereocenters. The maximum absolute atomic E-state index is 10.9. The van der Waals surface area contributed by atoms with E-state index in [1.165, 1.54) is 5.69 Å². The fourth-order valence-electron chi connectivity index (χ4n) is 2.25. The summed E-state index contributed by atoms with van der Waals surface area (Å²) in [5.74, 6) is -0.892. The first kappa shape index (κ1) is 14.2. The van der Waals surface area contributed by atoms with Gasteiger partial charge in [0.25, 0.3) is 0 Å². The van der Waals surface area contributed by atoms with Gasteiger partial charge in [-0.25, -0.2) is 4.79 Å². The topological polar surface area (TPSA) is 54.3 Å². The zero-order chi connectivity index (χ0) is 14.5. The lowest BCUT2D eigenvalue weighted by atomic mass is 10.1. The third kappa shape index (κ3) is 3.20. The van der Waals surface area contributed by atoms with E-state index in [0.717, 1.165) is 30.8 Å². The summed E-state index contributed by atoms with van der Waals surface area (Å²) in [5.41, 5.74) is 3.47. The van der Waals surface area contributed by atoms with Crippen LogP contribution >= 0.6 is 0 Å². The summed E-state index contributed by atoms with van der Waals surface area (Å²) in [5, 5.41) is 12.3. The summed E-state index contributed by atoms with van der Waals surface area (Å²) < 4.78 is 2.23. The highest BCUT2D eigenvalue weighted by Crippen LogP contribution is 2.18. The molecule has 0 amide bonds. The predicted molar refractivity (Wildman–Crippen MR) is 80.2 cm³/mol. The van der Waals surface area contributed by atoms with Crippen molar-refractivity contribution in [2.24, 2.45) is 0 Å². The molecule has 0 fully saturated rings. The van der Waals surface area contributed by atoms with Gasteiger partial charge in [0.15, 0.2) is 0 Å². The lowest BCUT2D eigenvalue weighted by molar-refractivity contribution is 0.0697. The molecule has 0 spiro atoms. The van der Waals surface area contributed by atoms with Gasteiger partial charge in [0.2, 0.25) is 0 Å². The number of carboxylic acid groups (broad SMARTS) is 1. The highest BCUT2D eigenvalue weighted by Gasteiger charge is 2.06. The zero-order valence-electron chi connectivity index (χ0n) is 11.9. The number of hydrogen-bond acceptors (Lipinski definition) is 2. The number of benzene rings is 1. The van der Waals surface area contributed by atoms with E-state index in [1.807, 2.05) is 19.1 Å². The quantitative estimate of drug-likeness (QED) is 0.846. The second kappa shape index (κ2) is 6.28. The Morgan fingerprint density at radius 1 is 1.35 bits per heavy atom. The molecule has 2 aromatic rings. The van der Waals surface area contributed by atoms with Crippen LogP contribution in [0.25, 0.3) is 0 Å². The first-order chi connectivity index (χ1) is 9.61. The fourth-order valence-corrected chi connectivity index (χ4v) is 2.25. The van der Waals surface area contributed by atoms with Gasteiger partial charge in [-0.05, 0) is 49.2 Å². The minimum absolute atomic E-state index is 0.322. The molecule has 1 aromatic heterocycles. The molecule has 0 saturated heterocycles. The number of aromatic carboxylic acids is 1. The molecule has 2 N–H and O–H groups in total. The predicted octanol–water partition coefficient (Wildman–Crippen LogP) is 3.52. The van der Waals surface area contributed by atoms with E-state index < -0.39 is 5.97 Å². The summed E-state index contributed by atoms with van der Waals surface area (Å²) in [6.45, 7) is 5.83. The van der Waals surface area contributed by atoms with Crippen molar-refractivity contribution in [3.63, 3.8) is 0 Å². The molecule has 1 aromatic carbocycles. The van der Waals surface area contributed by atoms with Gasteiger partial charge >= 0.3 is 5.97 Å². The highest BCUT2D eigenvalue weighted by molar-refractivity contribution is 5.88. The smallest absolute Gasteiger partial charge is 0.335 e. The molecule has 1 heterocycles. The Balaban J connectivity index is 2.07. The normalized spacial score (nSPS) is 10.5. The van der Waals surface area contributed by atoms with Crippen LogP contribution in [-0.4, -0.2) is 15.6 Å². The first-order valence-electron chi connectivity index (χ1n) is 6.83. The summed E-state index contributed by atoms with van der Waals surface area (Å²) in [4.78, 5) is 10.9. The van der Waals surface area contributed by atoms with E-state index in [9.17, 15) is 4.79 Å². The Kier molecular flexibility index (Phi) is 4.45. The third-order valence-electron chi connectivity index (χ3n) is 3.32. The van der Waals surface area contributed by atoms with Crippen molar-refractivity contribution >= 4 is 11.7 Å². The minimum Gasteiger partial charge on any atom is -0.478 e. The molecule has 2 rings (SSSR count). The number of hydrogen-bond donors (Lipinski definition) is 2. The molecule has 0 aliphatic rings. The molecule has 20 heavy (non-hydrogen) atoms. The number of nitrogens with zero attached hydrogens (tertiary/aromatic N) is 1. The average molecular weight is 272 g/mol.